The highest BCUT2D eigenvalue weighted by Crippen LogP contribution is 2.45. The molecule has 2 amide bonds. The van der Waals surface area contributed by atoms with Crippen LogP contribution in [-0.4, -0.2) is 34.2 Å². The first-order valence-electron chi connectivity index (χ1n) is 8.64. The Morgan fingerprint density at radius 3 is 2.54 bits per heavy atom. The van der Waals surface area contributed by atoms with Crippen LogP contribution in [-0.2, 0) is 0 Å². The van der Waals surface area contributed by atoms with Crippen molar-refractivity contribution in [3.8, 4) is 5.75 Å². The number of benzene rings is 3. The van der Waals surface area contributed by atoms with E-state index in [-0.39, 0.29) is 16.2 Å². The minimum Gasteiger partial charge on any atom is -0.497 e. The van der Waals surface area contributed by atoms with E-state index in [0.717, 1.165) is 10.9 Å². The Balaban J connectivity index is 1.95. The molecular weight excluding hydrogens is 360 g/mol. The smallest absolute Gasteiger partial charge is 0.286 e. The molecule has 0 bridgehead atoms. The van der Waals surface area contributed by atoms with Crippen LogP contribution < -0.4 is 4.74 Å². The number of ether oxygens (including phenoxy) is 1. The second kappa shape index (κ2) is 4.90. The van der Waals surface area contributed by atoms with E-state index in [1.165, 1.54) is 0 Å². The number of aromatic amines is 1. The third-order valence-electron chi connectivity index (χ3n) is 5.39. The molecule has 5 aromatic rings. The Morgan fingerprint density at radius 2 is 1.75 bits per heavy atom. The number of amides is 2. The fourth-order valence-electron chi connectivity index (χ4n) is 4.18. The second-order valence-corrected chi connectivity index (χ2v) is 6.76. The van der Waals surface area contributed by atoms with Gasteiger partial charge in [0.05, 0.1) is 23.8 Å². The predicted octanol–water partition coefficient (Wildman–Crippen LogP) is 4.21. The summed E-state index contributed by atoms with van der Waals surface area (Å²) in [6.45, 7) is 0. The zero-order chi connectivity index (χ0) is 19.2. The highest BCUT2D eigenvalue weighted by Gasteiger charge is 2.41. The molecule has 1 aliphatic heterocycles. The highest BCUT2D eigenvalue weighted by molar-refractivity contribution is 6.38. The van der Waals surface area contributed by atoms with Crippen LogP contribution in [0.15, 0.2) is 46.9 Å². The number of imide groups is 1. The standard InChI is InChI=1S/C21H12N2O5/c1-27-9-6-7-11-13(8-9)28-19-15(11)17-16(20(24)23(26)21(17)25)14-10-4-2-3-5-12(10)22-18(14)19/h2-8,22,26H,1H3. The van der Waals surface area contributed by atoms with Gasteiger partial charge in [0.25, 0.3) is 11.8 Å². The maximum absolute atomic E-state index is 12.8. The number of H-pyrrole nitrogens is 1. The third-order valence-corrected chi connectivity index (χ3v) is 5.39. The number of methoxy groups -OCH3 is 1. The van der Waals surface area contributed by atoms with Gasteiger partial charge in [-0.25, -0.2) is 0 Å². The molecule has 3 heterocycles. The lowest BCUT2D eigenvalue weighted by atomic mass is 9.97. The van der Waals surface area contributed by atoms with Gasteiger partial charge in [0.1, 0.15) is 11.3 Å². The topological polar surface area (TPSA) is 95.8 Å². The van der Waals surface area contributed by atoms with Crippen LogP contribution in [0, 0.1) is 0 Å². The lowest BCUT2D eigenvalue weighted by Crippen LogP contribution is -2.25. The summed E-state index contributed by atoms with van der Waals surface area (Å²) in [6.07, 6.45) is 0. The number of nitrogens with one attached hydrogen (secondary N) is 1. The number of carbonyl (C=O) groups excluding carboxylic acids is 2. The Morgan fingerprint density at radius 1 is 1.00 bits per heavy atom. The third kappa shape index (κ3) is 1.62. The van der Waals surface area contributed by atoms with Gasteiger partial charge in [-0.2, -0.15) is 0 Å². The largest absolute Gasteiger partial charge is 0.497 e. The number of fused-ring (bicyclic) bond motifs is 10. The van der Waals surface area contributed by atoms with E-state index in [1.54, 1.807) is 25.3 Å². The maximum Gasteiger partial charge on any atom is 0.286 e. The molecule has 7 nitrogen and oxygen atoms in total. The fourth-order valence-corrected chi connectivity index (χ4v) is 4.18. The Bertz CT molecular complexity index is 1510. The molecule has 7 heteroatoms. The zero-order valence-corrected chi connectivity index (χ0v) is 14.6. The van der Waals surface area contributed by atoms with Gasteiger partial charge in [0, 0.05) is 33.1 Å². The van der Waals surface area contributed by atoms with E-state index in [1.807, 2.05) is 24.3 Å². The minimum absolute atomic E-state index is 0.156. The maximum atomic E-state index is 12.8. The monoisotopic (exact) mass is 372 g/mol. The predicted molar refractivity (Wildman–Crippen MR) is 102 cm³/mol. The van der Waals surface area contributed by atoms with Crippen molar-refractivity contribution < 1.29 is 24.0 Å². The molecule has 2 N–H and O–H groups in total. The van der Waals surface area contributed by atoms with Crippen LogP contribution >= 0.6 is 0 Å². The van der Waals surface area contributed by atoms with Crippen molar-refractivity contribution in [3.63, 3.8) is 0 Å². The van der Waals surface area contributed by atoms with Crippen molar-refractivity contribution >= 4 is 55.6 Å². The molecule has 0 radical (unpaired) electrons. The summed E-state index contributed by atoms with van der Waals surface area (Å²) in [6, 6.07) is 12.8. The Hall–Kier alpha value is -3.84. The average molecular weight is 372 g/mol. The molecular formula is C21H12N2O5. The van der Waals surface area contributed by atoms with Crippen molar-refractivity contribution in [2.24, 2.45) is 0 Å². The molecule has 0 unspecified atom stereocenters. The van der Waals surface area contributed by atoms with Crippen molar-refractivity contribution in [2.75, 3.05) is 7.11 Å². The molecule has 0 fully saturated rings. The normalized spacial score (nSPS) is 14.1. The van der Waals surface area contributed by atoms with Crippen LogP contribution in [0.25, 0.3) is 43.7 Å². The summed E-state index contributed by atoms with van der Waals surface area (Å²) in [5, 5.41) is 12.8. The number of rotatable bonds is 1. The molecule has 2 aromatic heterocycles. The summed E-state index contributed by atoms with van der Waals surface area (Å²) in [7, 11) is 1.56. The average Bonchev–Trinajstić information content (AvgIpc) is 3.34. The van der Waals surface area contributed by atoms with Crippen molar-refractivity contribution in [3.05, 3.63) is 53.6 Å². The number of para-hydroxylation sites is 1. The van der Waals surface area contributed by atoms with Gasteiger partial charge in [0.2, 0.25) is 0 Å². The Kier molecular flexibility index (Phi) is 2.67. The van der Waals surface area contributed by atoms with Gasteiger partial charge in [-0.05, 0) is 18.2 Å². The minimum atomic E-state index is -0.754. The van der Waals surface area contributed by atoms with Crippen molar-refractivity contribution in [1.29, 1.82) is 0 Å². The molecule has 0 saturated carbocycles. The van der Waals surface area contributed by atoms with Crippen LogP contribution in [0.2, 0.25) is 0 Å². The molecule has 0 saturated heterocycles. The quantitative estimate of drug-likeness (QED) is 0.339. The molecule has 1 aliphatic rings. The van der Waals surface area contributed by atoms with E-state index >= 15 is 0 Å². The number of aromatic nitrogens is 1. The number of hydroxylamine groups is 2. The lowest BCUT2D eigenvalue weighted by Gasteiger charge is -2.01. The van der Waals surface area contributed by atoms with Crippen LogP contribution in [0.3, 0.4) is 0 Å². The van der Waals surface area contributed by atoms with Gasteiger partial charge in [-0.15, -0.1) is 5.06 Å². The number of furan rings is 1. The number of hydrogen-bond acceptors (Lipinski definition) is 5. The van der Waals surface area contributed by atoms with Gasteiger partial charge < -0.3 is 14.1 Å². The SMILES string of the molecule is COc1ccc2c(c1)oc1c3[nH]c4ccccc4c3c3c(c21)C(=O)N(O)C3=O. The lowest BCUT2D eigenvalue weighted by molar-refractivity contribution is -0.0325. The van der Waals surface area contributed by atoms with Gasteiger partial charge in [0.15, 0.2) is 5.58 Å². The first-order valence-corrected chi connectivity index (χ1v) is 8.64. The van der Waals surface area contributed by atoms with Gasteiger partial charge in [-0.3, -0.25) is 14.8 Å². The number of nitrogens with zero attached hydrogens (tertiary/aromatic N) is 1. The van der Waals surface area contributed by atoms with Crippen molar-refractivity contribution in [2.45, 2.75) is 0 Å². The van der Waals surface area contributed by atoms with E-state index in [2.05, 4.69) is 4.98 Å². The first kappa shape index (κ1) is 15.2. The second-order valence-electron chi connectivity index (χ2n) is 6.76. The first-order chi connectivity index (χ1) is 13.6. The molecule has 28 heavy (non-hydrogen) atoms. The fraction of sp³-hybridized carbons (Fsp3) is 0.0476. The zero-order valence-electron chi connectivity index (χ0n) is 14.6. The number of carbonyl (C=O) groups is 2. The molecule has 6 rings (SSSR count). The van der Waals surface area contributed by atoms with E-state index < -0.39 is 11.8 Å². The number of hydrogen-bond donors (Lipinski definition) is 2. The summed E-state index contributed by atoms with van der Waals surface area (Å²) >= 11 is 0. The summed E-state index contributed by atoms with van der Waals surface area (Å²) in [5.41, 5.74) is 2.75. The summed E-state index contributed by atoms with van der Waals surface area (Å²) in [4.78, 5) is 28.8. The van der Waals surface area contributed by atoms with Crippen LogP contribution in [0.1, 0.15) is 20.7 Å². The highest BCUT2D eigenvalue weighted by atomic mass is 16.5. The molecule has 0 atom stereocenters. The summed E-state index contributed by atoms with van der Waals surface area (Å²) in [5.74, 6) is -0.877. The van der Waals surface area contributed by atoms with E-state index in [4.69, 9.17) is 9.15 Å². The van der Waals surface area contributed by atoms with Gasteiger partial charge >= 0.3 is 0 Å². The van der Waals surface area contributed by atoms with E-state index in [9.17, 15) is 14.8 Å². The molecule has 3 aromatic carbocycles. The molecule has 0 aliphatic carbocycles. The van der Waals surface area contributed by atoms with E-state index in [0.29, 0.717) is 38.6 Å². The molecule has 136 valence electrons. The van der Waals surface area contributed by atoms with Crippen molar-refractivity contribution in [1.82, 2.24) is 10.0 Å². The Labute approximate surface area is 156 Å². The van der Waals surface area contributed by atoms with Gasteiger partial charge in [-0.1, -0.05) is 18.2 Å². The summed E-state index contributed by atoms with van der Waals surface area (Å²) < 4.78 is 11.4. The van der Waals surface area contributed by atoms with Crippen LogP contribution in [0.4, 0.5) is 0 Å². The molecule has 0 spiro atoms. The van der Waals surface area contributed by atoms with Crippen LogP contribution in [0.5, 0.6) is 5.75 Å².